The highest BCUT2D eigenvalue weighted by Crippen LogP contribution is 2.20. The lowest BCUT2D eigenvalue weighted by Crippen LogP contribution is -2.64. The van der Waals surface area contributed by atoms with E-state index in [1.165, 1.54) is 11.3 Å². The zero-order valence-electron chi connectivity index (χ0n) is 23.7. The monoisotopic (exact) mass is 572 g/mol. The molecule has 2 heterocycles. The van der Waals surface area contributed by atoms with Gasteiger partial charge in [-0.05, 0) is 51.3 Å². The first-order valence-electron chi connectivity index (χ1n) is 14.2. The number of imidazole rings is 1. The third-order valence-electron chi connectivity index (χ3n) is 7.27. The third kappa shape index (κ3) is 8.36. The minimum Gasteiger partial charge on any atom is -0.444 e. The normalized spacial score (nSPS) is 18.4. The minimum absolute atomic E-state index is 0.0767. The summed E-state index contributed by atoms with van der Waals surface area (Å²) in [4.78, 5) is 46.9. The van der Waals surface area contributed by atoms with Gasteiger partial charge in [-0.25, -0.2) is 14.6 Å². The van der Waals surface area contributed by atoms with Gasteiger partial charge in [0.05, 0.1) is 12.9 Å². The van der Waals surface area contributed by atoms with Gasteiger partial charge in [0.1, 0.15) is 11.6 Å². The number of hydrogen-bond donors (Lipinski definition) is 2. The minimum atomic E-state index is -0.816. The van der Waals surface area contributed by atoms with Gasteiger partial charge < -0.3 is 29.7 Å². The lowest BCUT2D eigenvalue weighted by Gasteiger charge is -2.41. The number of carbonyl (C=O) groups excluding carboxylic acids is 3. The molecular weight excluding hydrogens is 532 g/mol. The summed E-state index contributed by atoms with van der Waals surface area (Å²) in [6.07, 6.45) is 8.91. The summed E-state index contributed by atoms with van der Waals surface area (Å²) in [5, 5.41) is 6.80. The molecule has 1 aromatic heterocycles. The van der Waals surface area contributed by atoms with Crippen LogP contribution in [0.25, 0.3) is 0 Å². The number of aromatic nitrogens is 2. The summed E-state index contributed by atoms with van der Waals surface area (Å²) in [5.41, 5.74) is 1.41. The Morgan fingerprint density at radius 2 is 1.80 bits per heavy atom. The number of rotatable bonds is 7. The fourth-order valence-electron chi connectivity index (χ4n) is 5.16. The first-order chi connectivity index (χ1) is 19.1. The van der Waals surface area contributed by atoms with Crippen molar-refractivity contribution in [2.24, 2.45) is 0 Å². The summed E-state index contributed by atoms with van der Waals surface area (Å²) in [6.45, 7) is 7.06. The molecule has 2 fully saturated rings. The second-order valence-electron chi connectivity index (χ2n) is 11.6. The molecule has 0 radical (unpaired) electrons. The van der Waals surface area contributed by atoms with E-state index in [9.17, 15) is 14.4 Å². The summed E-state index contributed by atoms with van der Waals surface area (Å²) in [5.74, 6) is -0.296. The molecule has 2 N–H and O–H groups in total. The zero-order valence-corrected chi connectivity index (χ0v) is 24.5. The molecule has 1 aliphatic carbocycles. The Balaban J connectivity index is 1.38. The van der Waals surface area contributed by atoms with Gasteiger partial charge in [-0.3, -0.25) is 4.79 Å². The zero-order chi connectivity index (χ0) is 28.7. The summed E-state index contributed by atoms with van der Waals surface area (Å²) < 4.78 is 7.57. The van der Waals surface area contributed by atoms with Crippen LogP contribution in [0.2, 0.25) is 5.02 Å². The van der Waals surface area contributed by atoms with E-state index < -0.39 is 17.7 Å². The van der Waals surface area contributed by atoms with Crippen molar-refractivity contribution in [2.45, 2.75) is 83.5 Å². The topological polar surface area (TPSA) is 109 Å². The molecule has 218 valence electrons. The van der Waals surface area contributed by atoms with Crippen molar-refractivity contribution in [1.82, 2.24) is 30.0 Å². The molecule has 4 amide bonds. The molecule has 1 aromatic carbocycles. The number of nitrogens with zero attached hydrogens (tertiary/aromatic N) is 4. The summed E-state index contributed by atoms with van der Waals surface area (Å²) >= 11 is 6.00. The Morgan fingerprint density at radius 1 is 1.07 bits per heavy atom. The Labute approximate surface area is 241 Å². The molecular formula is C29H41ClN6O4. The van der Waals surface area contributed by atoms with E-state index in [0.717, 1.165) is 36.9 Å². The number of carbonyl (C=O) groups is 3. The van der Waals surface area contributed by atoms with E-state index in [-0.39, 0.29) is 31.1 Å². The lowest BCUT2D eigenvalue weighted by molar-refractivity contribution is -0.127. The molecule has 1 atom stereocenters. The number of ether oxygens (including phenoxy) is 1. The van der Waals surface area contributed by atoms with E-state index in [0.29, 0.717) is 31.1 Å². The Bertz CT molecular complexity index is 1160. The molecule has 1 aliphatic heterocycles. The average Bonchev–Trinajstić information content (AvgIpc) is 3.35. The smallest absolute Gasteiger partial charge is 0.410 e. The summed E-state index contributed by atoms with van der Waals surface area (Å²) in [6, 6.07) is 6.71. The van der Waals surface area contributed by atoms with E-state index in [4.69, 9.17) is 16.3 Å². The maximum absolute atomic E-state index is 13.4. The highest BCUT2D eigenvalue weighted by molar-refractivity contribution is 6.30. The molecule has 10 nitrogen and oxygen atoms in total. The van der Waals surface area contributed by atoms with Gasteiger partial charge in [-0.1, -0.05) is 43.0 Å². The number of urea groups is 1. The number of halogens is 1. The second-order valence-corrected chi connectivity index (χ2v) is 12.0. The number of hydrogen-bond acceptors (Lipinski definition) is 5. The van der Waals surface area contributed by atoms with Crippen LogP contribution in [0.4, 0.5) is 9.59 Å². The van der Waals surface area contributed by atoms with E-state index >= 15 is 0 Å². The molecule has 4 rings (SSSR count). The van der Waals surface area contributed by atoms with E-state index in [1.807, 2.05) is 28.8 Å². The molecule has 2 aromatic rings. The number of piperazine rings is 1. The van der Waals surface area contributed by atoms with Crippen molar-refractivity contribution < 1.29 is 19.1 Å². The molecule has 40 heavy (non-hydrogen) atoms. The van der Waals surface area contributed by atoms with Gasteiger partial charge in [0.15, 0.2) is 0 Å². The van der Waals surface area contributed by atoms with Crippen LogP contribution in [-0.2, 0) is 22.5 Å². The van der Waals surface area contributed by atoms with Crippen molar-refractivity contribution in [1.29, 1.82) is 0 Å². The van der Waals surface area contributed by atoms with Crippen LogP contribution in [0.5, 0.6) is 0 Å². The van der Waals surface area contributed by atoms with Crippen LogP contribution in [0.3, 0.4) is 0 Å². The van der Waals surface area contributed by atoms with Gasteiger partial charge in [0, 0.05) is 55.6 Å². The van der Waals surface area contributed by atoms with Gasteiger partial charge in [-0.2, -0.15) is 0 Å². The van der Waals surface area contributed by atoms with Gasteiger partial charge in [0.2, 0.25) is 5.91 Å². The predicted octanol–water partition coefficient (Wildman–Crippen LogP) is 4.21. The van der Waals surface area contributed by atoms with Crippen molar-refractivity contribution in [3.05, 3.63) is 53.1 Å². The van der Waals surface area contributed by atoms with Crippen LogP contribution in [0.15, 0.2) is 36.8 Å². The van der Waals surface area contributed by atoms with Crippen LogP contribution in [0, 0.1) is 0 Å². The van der Waals surface area contributed by atoms with Crippen molar-refractivity contribution in [3.63, 3.8) is 0 Å². The van der Waals surface area contributed by atoms with E-state index in [1.54, 1.807) is 38.2 Å². The van der Waals surface area contributed by atoms with E-state index in [2.05, 4.69) is 15.6 Å². The first-order valence-corrected chi connectivity index (χ1v) is 14.5. The SMILES string of the molecule is CC(C)(C)OC(=O)N1CCN(C(=O)NC2CCCCC2)[C@@H](C(=O)NCCc2cncn2Cc2ccc(Cl)cc2)C1. The lowest BCUT2D eigenvalue weighted by atomic mass is 9.95. The maximum Gasteiger partial charge on any atom is 0.410 e. The number of benzene rings is 1. The van der Waals surface area contributed by atoms with Crippen LogP contribution < -0.4 is 10.6 Å². The fourth-order valence-corrected chi connectivity index (χ4v) is 5.29. The summed E-state index contributed by atoms with van der Waals surface area (Å²) in [7, 11) is 0. The second kappa shape index (κ2) is 13.4. The van der Waals surface area contributed by atoms with Gasteiger partial charge in [-0.15, -0.1) is 0 Å². The van der Waals surface area contributed by atoms with Crippen LogP contribution in [-0.4, -0.2) is 81.2 Å². The Hall–Kier alpha value is -3.27. The van der Waals surface area contributed by atoms with Crippen molar-refractivity contribution >= 4 is 29.6 Å². The van der Waals surface area contributed by atoms with Gasteiger partial charge >= 0.3 is 12.1 Å². The molecule has 11 heteroatoms. The predicted molar refractivity (Wildman–Crippen MR) is 153 cm³/mol. The molecule has 2 aliphatic rings. The van der Waals surface area contributed by atoms with Crippen molar-refractivity contribution in [3.8, 4) is 0 Å². The number of amides is 4. The largest absolute Gasteiger partial charge is 0.444 e. The Morgan fingerprint density at radius 3 is 2.50 bits per heavy atom. The maximum atomic E-state index is 13.4. The first kappa shape index (κ1) is 29.7. The standard InChI is InChI=1S/C29H41ClN6O4/c1-29(2,3)40-28(39)34-15-16-36(27(38)33-23-7-5-4-6-8-23)25(19-34)26(37)32-14-13-24-17-31-20-35(24)18-21-9-11-22(30)12-10-21/h9-12,17,20,23,25H,4-8,13-16,18-19H2,1-3H3,(H,32,37)(H,33,38)/t25-/m1/s1. The molecule has 0 unspecified atom stereocenters. The number of nitrogens with one attached hydrogen (secondary N) is 2. The highest BCUT2D eigenvalue weighted by atomic mass is 35.5. The molecule has 1 saturated heterocycles. The fraction of sp³-hybridized carbons (Fsp3) is 0.586. The average molecular weight is 573 g/mol. The Kier molecular flexibility index (Phi) is 9.95. The van der Waals surface area contributed by atoms with Crippen LogP contribution in [0.1, 0.15) is 64.1 Å². The molecule has 0 spiro atoms. The van der Waals surface area contributed by atoms with Gasteiger partial charge in [0.25, 0.3) is 0 Å². The van der Waals surface area contributed by atoms with Crippen molar-refractivity contribution in [2.75, 3.05) is 26.2 Å². The highest BCUT2D eigenvalue weighted by Gasteiger charge is 2.38. The third-order valence-corrected chi connectivity index (χ3v) is 7.53. The quantitative estimate of drug-likeness (QED) is 0.517. The molecule has 0 bridgehead atoms. The molecule has 1 saturated carbocycles. The van der Waals surface area contributed by atoms with Crippen LogP contribution >= 0.6 is 11.6 Å².